The van der Waals surface area contributed by atoms with Crippen molar-refractivity contribution in [3.63, 3.8) is 0 Å². The summed E-state index contributed by atoms with van der Waals surface area (Å²) < 4.78 is 3.51. The molecule has 0 aromatic carbocycles. The third-order valence-corrected chi connectivity index (χ3v) is 1.51. The van der Waals surface area contributed by atoms with Crippen molar-refractivity contribution in [1.82, 2.24) is 15.3 Å². The van der Waals surface area contributed by atoms with Crippen LogP contribution in [0.4, 0.5) is 5.00 Å². The summed E-state index contributed by atoms with van der Waals surface area (Å²) >= 11 is 1.03. The number of carbonyl (C=O) groups excluding carboxylic acids is 1. The zero-order valence-corrected chi connectivity index (χ0v) is 5.81. The number of hydrogen-bond acceptors (Lipinski definition) is 5. The Bertz CT molecular complexity index is 245. The fourth-order valence-corrected chi connectivity index (χ4v) is 0.936. The fourth-order valence-electron chi connectivity index (χ4n) is 0.490. The van der Waals surface area contributed by atoms with Crippen LogP contribution in [-0.2, 0) is 11.2 Å². The Labute approximate surface area is 61.2 Å². The van der Waals surface area contributed by atoms with Crippen LogP contribution in [0.3, 0.4) is 0 Å². The lowest BCUT2D eigenvalue weighted by atomic mass is 10.3. The minimum absolute atomic E-state index is 0.0394. The number of aromatic nitrogens is 2. The molecule has 0 bridgehead atoms. The molecule has 1 radical (unpaired) electrons. The minimum Gasteiger partial charge on any atom is -0.388 e. The number of nitrogens with zero attached hydrogens (tertiary/aromatic N) is 2. The second-order valence-corrected chi connectivity index (χ2v) is 2.47. The summed E-state index contributed by atoms with van der Waals surface area (Å²) in [6.07, 6.45) is -0.0394. The average molecular weight is 157 g/mol. The number of nitrogen functional groups attached to an aromatic ring is 1. The maximum Gasteiger partial charge on any atom is 0.244 e. The van der Waals surface area contributed by atoms with Crippen LogP contribution >= 0.6 is 11.5 Å². The molecule has 0 aliphatic rings. The lowest BCUT2D eigenvalue weighted by molar-refractivity contribution is -0.118. The van der Waals surface area contributed by atoms with E-state index in [9.17, 15) is 4.79 Å². The van der Waals surface area contributed by atoms with Crippen LogP contribution in [0.15, 0.2) is 0 Å². The zero-order valence-electron chi connectivity index (χ0n) is 5.00. The molecule has 0 saturated carbocycles. The quantitative estimate of drug-likeness (QED) is 0.624. The highest BCUT2D eigenvalue weighted by molar-refractivity contribution is 7.09. The Morgan fingerprint density at radius 2 is 2.50 bits per heavy atom. The number of hydrogen-bond donors (Lipinski definition) is 1. The minimum atomic E-state index is -0.695. The normalized spacial score (nSPS) is 9.60. The van der Waals surface area contributed by atoms with Crippen LogP contribution in [0.2, 0.25) is 0 Å². The van der Waals surface area contributed by atoms with Crippen molar-refractivity contribution >= 4 is 22.4 Å². The van der Waals surface area contributed by atoms with Crippen molar-refractivity contribution in [2.75, 3.05) is 5.73 Å². The molecule has 0 fully saturated rings. The molecule has 3 N–H and O–H groups in total. The maximum absolute atomic E-state index is 10.2. The zero-order chi connectivity index (χ0) is 7.56. The number of nitrogens with two attached hydrogens (primary N) is 1. The van der Waals surface area contributed by atoms with Crippen molar-refractivity contribution in [2.45, 2.75) is 6.42 Å². The van der Waals surface area contributed by atoms with E-state index in [1.165, 1.54) is 0 Å². The maximum atomic E-state index is 10.2. The second-order valence-electron chi connectivity index (χ2n) is 1.68. The standard InChI is InChI=1S/C4H5N4OS/c5-3(9)1-2-4(6)10-8-7-2/h5H,1,6H2. The third-order valence-electron chi connectivity index (χ3n) is 0.913. The van der Waals surface area contributed by atoms with E-state index in [1.807, 2.05) is 0 Å². The van der Waals surface area contributed by atoms with Crippen LogP contribution in [0.5, 0.6) is 0 Å². The molecular formula is C4H5N4OS. The molecule has 10 heavy (non-hydrogen) atoms. The molecule has 53 valence electrons. The lowest BCUT2D eigenvalue weighted by Crippen LogP contribution is -2.04. The molecular weight excluding hydrogens is 152 g/mol. The average Bonchev–Trinajstić information content (AvgIpc) is 2.15. The van der Waals surface area contributed by atoms with Gasteiger partial charge in [-0.15, -0.1) is 5.10 Å². The molecule has 1 heterocycles. The Morgan fingerprint density at radius 3 is 2.90 bits per heavy atom. The topological polar surface area (TPSA) is 92.7 Å². The first-order valence-electron chi connectivity index (χ1n) is 2.51. The molecule has 0 atom stereocenters. The molecule has 0 unspecified atom stereocenters. The number of nitrogens with one attached hydrogen (secondary N) is 1. The highest BCUT2D eigenvalue weighted by atomic mass is 32.1. The number of rotatable bonds is 2. The Balaban J connectivity index is 2.74. The van der Waals surface area contributed by atoms with Gasteiger partial charge in [0.15, 0.2) is 0 Å². The van der Waals surface area contributed by atoms with E-state index < -0.39 is 5.91 Å². The van der Waals surface area contributed by atoms with Gasteiger partial charge in [0.25, 0.3) is 0 Å². The number of amides is 1. The van der Waals surface area contributed by atoms with Crippen LogP contribution < -0.4 is 11.5 Å². The van der Waals surface area contributed by atoms with Gasteiger partial charge in [0, 0.05) is 11.5 Å². The van der Waals surface area contributed by atoms with Gasteiger partial charge in [-0.3, -0.25) is 10.5 Å². The molecule has 0 spiro atoms. The van der Waals surface area contributed by atoms with Crippen molar-refractivity contribution < 1.29 is 4.79 Å². The van der Waals surface area contributed by atoms with Gasteiger partial charge in [-0.1, -0.05) is 4.49 Å². The second kappa shape index (κ2) is 2.61. The van der Waals surface area contributed by atoms with Gasteiger partial charge in [-0.25, -0.2) is 0 Å². The van der Waals surface area contributed by atoms with E-state index in [-0.39, 0.29) is 6.42 Å². The Kier molecular flexibility index (Phi) is 1.81. The summed E-state index contributed by atoms with van der Waals surface area (Å²) in [4.78, 5) is 10.2. The molecule has 0 aliphatic heterocycles. The monoisotopic (exact) mass is 157 g/mol. The first kappa shape index (κ1) is 6.94. The van der Waals surface area contributed by atoms with Crippen LogP contribution in [0.25, 0.3) is 0 Å². The summed E-state index contributed by atoms with van der Waals surface area (Å²) in [6, 6.07) is 0. The number of carbonyl (C=O) groups is 1. The summed E-state index contributed by atoms with van der Waals surface area (Å²) in [7, 11) is 0. The van der Waals surface area contributed by atoms with Gasteiger partial charge in [0.2, 0.25) is 5.91 Å². The molecule has 1 rings (SSSR count). The van der Waals surface area contributed by atoms with Crippen molar-refractivity contribution in [2.24, 2.45) is 0 Å². The third kappa shape index (κ3) is 1.41. The smallest absolute Gasteiger partial charge is 0.244 e. The fraction of sp³-hybridized carbons (Fsp3) is 0.250. The van der Waals surface area contributed by atoms with Crippen LogP contribution in [0, 0.1) is 0 Å². The van der Waals surface area contributed by atoms with Gasteiger partial charge in [0.1, 0.15) is 10.7 Å². The van der Waals surface area contributed by atoms with Gasteiger partial charge in [0.05, 0.1) is 6.42 Å². The van der Waals surface area contributed by atoms with Gasteiger partial charge in [-0.05, 0) is 0 Å². The molecule has 5 nitrogen and oxygen atoms in total. The SMILES string of the molecule is [NH]C(=O)Cc1nnsc1N. The predicted molar refractivity (Wildman–Crippen MR) is 36.1 cm³/mol. The molecule has 1 amide bonds. The summed E-state index contributed by atoms with van der Waals surface area (Å²) in [5.41, 5.74) is 12.3. The van der Waals surface area contributed by atoms with E-state index in [1.54, 1.807) is 0 Å². The molecule has 0 saturated heterocycles. The Hall–Kier alpha value is -1.17. The summed E-state index contributed by atoms with van der Waals surface area (Å²) in [5, 5.41) is 3.98. The molecule has 1 aromatic rings. The largest absolute Gasteiger partial charge is 0.388 e. The van der Waals surface area contributed by atoms with Crippen LogP contribution in [0.1, 0.15) is 5.69 Å². The molecule has 1 aromatic heterocycles. The van der Waals surface area contributed by atoms with E-state index in [2.05, 4.69) is 9.59 Å². The summed E-state index contributed by atoms with van der Waals surface area (Å²) in [6.45, 7) is 0. The van der Waals surface area contributed by atoms with Crippen molar-refractivity contribution in [3.8, 4) is 0 Å². The van der Waals surface area contributed by atoms with Gasteiger partial charge >= 0.3 is 0 Å². The van der Waals surface area contributed by atoms with E-state index in [0.717, 1.165) is 11.5 Å². The number of anilines is 1. The van der Waals surface area contributed by atoms with Crippen molar-refractivity contribution in [1.29, 1.82) is 0 Å². The molecule has 6 heteroatoms. The van der Waals surface area contributed by atoms with E-state index >= 15 is 0 Å². The van der Waals surface area contributed by atoms with Crippen LogP contribution in [-0.4, -0.2) is 15.5 Å². The lowest BCUT2D eigenvalue weighted by Gasteiger charge is -1.87. The van der Waals surface area contributed by atoms with Gasteiger partial charge < -0.3 is 5.73 Å². The first-order chi connectivity index (χ1) is 4.70. The first-order valence-corrected chi connectivity index (χ1v) is 3.28. The van der Waals surface area contributed by atoms with Gasteiger partial charge in [-0.2, -0.15) is 0 Å². The van der Waals surface area contributed by atoms with E-state index in [4.69, 9.17) is 11.5 Å². The Morgan fingerprint density at radius 1 is 1.80 bits per heavy atom. The summed E-state index contributed by atoms with van der Waals surface area (Å²) in [5.74, 6) is -0.695. The predicted octanol–water partition coefficient (Wildman–Crippen LogP) is -0.528. The van der Waals surface area contributed by atoms with Crippen molar-refractivity contribution in [3.05, 3.63) is 5.69 Å². The molecule has 0 aliphatic carbocycles. The van der Waals surface area contributed by atoms with E-state index in [0.29, 0.717) is 10.7 Å². The highest BCUT2D eigenvalue weighted by Gasteiger charge is 2.06. The highest BCUT2D eigenvalue weighted by Crippen LogP contribution is 2.11.